The van der Waals surface area contributed by atoms with E-state index in [4.69, 9.17) is 0 Å². The molecule has 2 aliphatic rings. The zero-order valence-electron chi connectivity index (χ0n) is 12.6. The smallest absolute Gasteiger partial charge is 0.278 e. The summed E-state index contributed by atoms with van der Waals surface area (Å²) in [5.74, 6) is -0.0914. The van der Waals surface area contributed by atoms with Gasteiger partial charge in [0.2, 0.25) is 0 Å². The molecular formula is C17H17IN3O2+. The molecule has 0 aliphatic carbocycles. The zero-order chi connectivity index (χ0) is 16.0. The minimum absolute atomic E-state index is 0.0914. The summed E-state index contributed by atoms with van der Waals surface area (Å²) < 4.78 is 5.76. The molecule has 23 heavy (non-hydrogen) atoms. The molecule has 118 valence electrons. The number of carbonyl (C=O) groups is 1. The fourth-order valence-corrected chi connectivity index (χ4v) is 5.38. The molecule has 2 aromatic carbocycles. The van der Waals surface area contributed by atoms with Crippen molar-refractivity contribution in [1.82, 2.24) is 5.32 Å². The molecule has 1 amide bonds. The van der Waals surface area contributed by atoms with E-state index < -0.39 is 5.60 Å². The van der Waals surface area contributed by atoms with Gasteiger partial charge in [0, 0.05) is 19.0 Å². The predicted octanol–water partition coefficient (Wildman–Crippen LogP) is 1.60. The second-order valence-electron chi connectivity index (χ2n) is 5.85. The molecule has 0 aromatic heterocycles. The number of halogens is 1. The Balaban J connectivity index is 1.77. The first kappa shape index (κ1) is 14.9. The third-order valence-corrected chi connectivity index (χ3v) is 6.84. The number of amides is 1. The second-order valence-corrected chi connectivity index (χ2v) is 8.19. The molecule has 2 aromatic rings. The number of fused-ring (bicyclic) bond motifs is 2. The van der Waals surface area contributed by atoms with Crippen molar-refractivity contribution in [3.8, 4) is 0 Å². The van der Waals surface area contributed by atoms with E-state index in [9.17, 15) is 9.90 Å². The molecule has 1 saturated heterocycles. The zero-order valence-corrected chi connectivity index (χ0v) is 14.8. The Morgan fingerprint density at radius 3 is 2.91 bits per heavy atom. The van der Waals surface area contributed by atoms with Crippen molar-refractivity contribution in [2.45, 2.75) is 12.0 Å². The van der Waals surface area contributed by atoms with Gasteiger partial charge in [0.25, 0.3) is 27.2 Å². The summed E-state index contributed by atoms with van der Waals surface area (Å²) in [5, 5.41) is 15.8. The van der Waals surface area contributed by atoms with E-state index >= 15 is 0 Å². The number of hydrogen-bond donors (Lipinski definition) is 3. The van der Waals surface area contributed by atoms with Gasteiger partial charge in [-0.05, 0) is 34.5 Å². The molecule has 1 fully saturated rings. The van der Waals surface area contributed by atoms with E-state index in [2.05, 4.69) is 8.46 Å². The van der Waals surface area contributed by atoms with Gasteiger partial charge in [-0.1, -0.05) is 18.2 Å². The third kappa shape index (κ3) is 2.32. The number of benzene rings is 2. The SMILES string of the molecule is CNC(=O)c1ccc2cc(C3(O)CC[NH+]4I=NC=C43)ccc2c1. The fourth-order valence-electron chi connectivity index (χ4n) is 3.27. The van der Waals surface area contributed by atoms with E-state index in [1.54, 1.807) is 7.05 Å². The molecule has 2 aliphatic heterocycles. The monoisotopic (exact) mass is 422 g/mol. The number of aliphatic hydroxyl groups is 1. The van der Waals surface area contributed by atoms with Gasteiger partial charge >= 0.3 is 0 Å². The van der Waals surface area contributed by atoms with E-state index in [0.717, 1.165) is 35.0 Å². The fraction of sp³-hybridized carbons (Fsp3) is 0.235. The maximum absolute atomic E-state index is 11.7. The molecule has 6 heteroatoms. The molecule has 4 rings (SSSR count). The van der Waals surface area contributed by atoms with Crippen LogP contribution in [0.4, 0.5) is 0 Å². The lowest BCUT2D eigenvalue weighted by Crippen LogP contribution is -2.98. The molecule has 2 unspecified atom stereocenters. The minimum atomic E-state index is -0.900. The van der Waals surface area contributed by atoms with Crippen molar-refractivity contribution in [1.29, 1.82) is 0 Å². The summed E-state index contributed by atoms with van der Waals surface area (Å²) in [6.07, 6.45) is 2.61. The highest BCUT2D eigenvalue weighted by Crippen LogP contribution is 2.37. The van der Waals surface area contributed by atoms with Crippen LogP contribution in [0.5, 0.6) is 0 Å². The second kappa shape index (κ2) is 5.47. The van der Waals surface area contributed by atoms with Crippen molar-refractivity contribution in [3.05, 3.63) is 59.4 Å². The summed E-state index contributed by atoms with van der Waals surface area (Å²) in [7, 11) is 1.63. The number of hydrogen-bond acceptors (Lipinski definition) is 3. The quantitative estimate of drug-likeness (QED) is 0.509. The average molecular weight is 422 g/mol. The van der Waals surface area contributed by atoms with E-state index in [1.165, 1.54) is 3.11 Å². The van der Waals surface area contributed by atoms with E-state index in [0.29, 0.717) is 5.56 Å². The van der Waals surface area contributed by atoms with Crippen LogP contribution < -0.4 is 8.43 Å². The Hall–Kier alpha value is -1.64. The van der Waals surface area contributed by atoms with Crippen LogP contribution in [-0.4, -0.2) is 24.6 Å². The van der Waals surface area contributed by atoms with Crippen molar-refractivity contribution in [2.75, 3.05) is 13.6 Å². The van der Waals surface area contributed by atoms with Crippen LogP contribution >= 0.6 is 21.3 Å². The number of nitrogens with zero attached hydrogens (tertiary/aromatic N) is 1. The highest BCUT2D eigenvalue weighted by atomic mass is 127. The van der Waals surface area contributed by atoms with Gasteiger partial charge in [-0.2, -0.15) is 3.15 Å². The standard InChI is InChI=1S/C17H16IN3O2/c1-19-16(22)13-3-2-12-9-14(5-4-11(12)8-13)17(23)6-7-21-15(17)10-20-18-21/h2-5,8-10,23H,6-7H2,1H3,(H,19,22)/p+1. The maximum atomic E-state index is 11.7. The van der Waals surface area contributed by atoms with Gasteiger partial charge in [-0.3, -0.25) is 4.79 Å². The highest BCUT2D eigenvalue weighted by molar-refractivity contribution is 14.1. The van der Waals surface area contributed by atoms with Crippen LogP contribution in [0.3, 0.4) is 0 Å². The third-order valence-electron chi connectivity index (χ3n) is 4.58. The van der Waals surface area contributed by atoms with Crippen molar-refractivity contribution >= 4 is 38.0 Å². The Labute approximate surface area is 144 Å². The molecule has 0 radical (unpaired) electrons. The highest BCUT2D eigenvalue weighted by Gasteiger charge is 2.49. The summed E-state index contributed by atoms with van der Waals surface area (Å²) in [6, 6.07) is 11.6. The Morgan fingerprint density at radius 1 is 1.30 bits per heavy atom. The molecule has 2 heterocycles. The van der Waals surface area contributed by atoms with Crippen LogP contribution in [0.2, 0.25) is 0 Å². The summed E-state index contributed by atoms with van der Waals surface area (Å²) in [4.78, 5) is 11.7. The van der Waals surface area contributed by atoms with Gasteiger partial charge < -0.3 is 10.4 Å². The van der Waals surface area contributed by atoms with Gasteiger partial charge in [-0.25, -0.2) is 3.11 Å². The van der Waals surface area contributed by atoms with Crippen LogP contribution in [0, 0.1) is 0 Å². The van der Waals surface area contributed by atoms with Crippen LogP contribution in [0.1, 0.15) is 22.3 Å². The predicted molar refractivity (Wildman–Crippen MR) is 96.2 cm³/mol. The largest absolute Gasteiger partial charge is 0.375 e. The van der Waals surface area contributed by atoms with Crippen LogP contribution in [-0.2, 0) is 5.60 Å². The first-order chi connectivity index (χ1) is 11.1. The maximum Gasteiger partial charge on any atom is 0.278 e. The molecule has 0 spiro atoms. The Kier molecular flexibility index (Phi) is 3.55. The molecule has 2 atom stereocenters. The first-order valence-electron chi connectivity index (χ1n) is 7.52. The first-order valence-corrected chi connectivity index (χ1v) is 9.56. The van der Waals surface area contributed by atoms with E-state index in [-0.39, 0.29) is 27.2 Å². The van der Waals surface area contributed by atoms with Crippen molar-refractivity contribution in [2.24, 2.45) is 3.15 Å². The van der Waals surface area contributed by atoms with Crippen LogP contribution in [0.15, 0.2) is 51.4 Å². The number of rotatable bonds is 2. The minimum Gasteiger partial charge on any atom is -0.375 e. The lowest BCUT2D eigenvalue weighted by Gasteiger charge is -2.21. The van der Waals surface area contributed by atoms with Crippen molar-refractivity contribution < 1.29 is 13.0 Å². The lowest BCUT2D eigenvalue weighted by molar-refractivity contribution is -0.651. The number of nitrogens with one attached hydrogen (secondary N) is 2. The van der Waals surface area contributed by atoms with Gasteiger partial charge in [0.1, 0.15) is 0 Å². The molecule has 0 bridgehead atoms. The average Bonchev–Trinajstić information content (AvgIpc) is 3.18. The number of quaternary nitrogens is 1. The van der Waals surface area contributed by atoms with Crippen molar-refractivity contribution in [3.63, 3.8) is 0 Å². The molecule has 5 nitrogen and oxygen atoms in total. The topological polar surface area (TPSA) is 66.1 Å². The van der Waals surface area contributed by atoms with E-state index in [1.807, 2.05) is 42.6 Å². The Bertz CT molecular complexity index is 877. The molecular weight excluding hydrogens is 405 g/mol. The summed E-state index contributed by atoms with van der Waals surface area (Å²) in [6.45, 7) is 0.951. The summed E-state index contributed by atoms with van der Waals surface area (Å²) >= 11 is -0.258. The summed E-state index contributed by atoms with van der Waals surface area (Å²) in [5.41, 5.74) is 1.68. The Morgan fingerprint density at radius 2 is 2.09 bits per heavy atom. The van der Waals surface area contributed by atoms with Crippen LogP contribution in [0.25, 0.3) is 10.8 Å². The van der Waals surface area contributed by atoms with Gasteiger partial charge in [0.05, 0.1) is 12.7 Å². The molecule has 3 N–H and O–H groups in total. The molecule has 0 saturated carbocycles. The number of carbonyl (C=O) groups excluding carboxylic acids is 1. The lowest BCUT2D eigenvalue weighted by atomic mass is 9.88. The normalized spacial score (nSPS) is 25.8. The van der Waals surface area contributed by atoms with Gasteiger partial charge in [0.15, 0.2) is 11.3 Å². The van der Waals surface area contributed by atoms with Gasteiger partial charge in [-0.15, -0.1) is 0 Å².